The molecule has 2 nitrogen and oxygen atoms in total. The maximum absolute atomic E-state index is 0. The molecule has 0 rings (SSSR count). The summed E-state index contributed by atoms with van der Waals surface area (Å²) in [5.74, 6) is 0. The van der Waals surface area contributed by atoms with E-state index in [1.165, 1.54) is 0 Å². The van der Waals surface area contributed by atoms with E-state index < -0.39 is 0 Å². The Morgan fingerprint density at radius 2 is 0.600 bits per heavy atom. The third-order valence-electron chi connectivity index (χ3n) is 0. The van der Waals surface area contributed by atoms with Gasteiger partial charge in [-0.25, -0.2) is 0 Å². The molecule has 0 aliphatic heterocycles. The monoisotopic (exact) mass is 318 g/mol. The van der Waals surface area contributed by atoms with Gasteiger partial charge in [-0.05, 0) is 0 Å². The minimum Gasteiger partial charge on any atom is -2.00 e. The molecule has 0 atom stereocenters. The second-order valence-electron chi connectivity index (χ2n) is 0. The summed E-state index contributed by atoms with van der Waals surface area (Å²) in [6, 6.07) is 0. The Balaban J connectivity index is 0. The molecule has 0 saturated heterocycles. The zero-order chi connectivity index (χ0) is 0. The third kappa shape index (κ3) is 17.9. The normalized spacial score (nSPS) is 0. The van der Waals surface area contributed by atoms with E-state index in [1.54, 1.807) is 0 Å². The molecule has 0 saturated carbocycles. The van der Waals surface area contributed by atoms with E-state index in [1.807, 2.05) is 0 Å². The molecule has 0 bridgehead atoms. The summed E-state index contributed by atoms with van der Waals surface area (Å²) in [6.45, 7) is 0. The fraction of sp³-hybridized carbons (Fsp3) is 0. The van der Waals surface area contributed by atoms with Crippen LogP contribution in [0.15, 0.2) is 0 Å². The van der Waals surface area contributed by atoms with Gasteiger partial charge in [-0.15, -0.1) is 0 Å². The average molecular weight is 317 g/mol. The van der Waals surface area contributed by atoms with Gasteiger partial charge in [-0.2, -0.15) is 0 Å². The van der Waals surface area contributed by atoms with Crippen LogP contribution in [0.2, 0.25) is 0 Å². The van der Waals surface area contributed by atoms with Crippen LogP contribution in [0.5, 0.6) is 0 Å². The van der Waals surface area contributed by atoms with Gasteiger partial charge in [0.25, 0.3) is 0 Å². The maximum Gasteiger partial charge on any atom is 2.00 e. The molecule has 5 heteroatoms. The van der Waals surface area contributed by atoms with Crippen LogP contribution in [0.25, 0.3) is 0 Å². The standard InChI is InChI=1S/2K.2O.Pb/q2*+1;2*-2;+2. The molecule has 0 aliphatic carbocycles. The predicted octanol–water partition coefficient (Wildman–Crippen LogP) is -6.61. The zero-order valence-electron chi connectivity index (χ0n) is 3.32. The van der Waals surface area contributed by atoms with Gasteiger partial charge in [0.05, 0.1) is 0 Å². The quantitative estimate of drug-likeness (QED) is 0.399. The van der Waals surface area contributed by atoms with Gasteiger partial charge < -0.3 is 11.0 Å². The first-order valence-corrected chi connectivity index (χ1v) is 0. The van der Waals surface area contributed by atoms with E-state index in [4.69, 9.17) is 0 Å². The van der Waals surface area contributed by atoms with Crippen LogP contribution in [0.4, 0.5) is 0 Å². The molecule has 0 aromatic carbocycles. The molecule has 0 unspecified atom stereocenters. The minimum atomic E-state index is 0. The van der Waals surface area contributed by atoms with Crippen molar-refractivity contribution < 1.29 is 114 Å². The Bertz CT molecular complexity index is 7.61. The summed E-state index contributed by atoms with van der Waals surface area (Å²) < 4.78 is 0. The van der Waals surface area contributed by atoms with Gasteiger partial charge in [-0.3, -0.25) is 0 Å². The Labute approximate surface area is 136 Å². The minimum absolute atomic E-state index is 0. The van der Waals surface area contributed by atoms with Gasteiger partial charge in [0.15, 0.2) is 0 Å². The van der Waals surface area contributed by atoms with Crippen LogP contribution in [-0.4, -0.2) is 27.3 Å². The molecule has 0 fully saturated rings. The summed E-state index contributed by atoms with van der Waals surface area (Å²) >= 11 is 0. The van der Waals surface area contributed by atoms with E-state index >= 15 is 0 Å². The van der Waals surface area contributed by atoms with E-state index in [0.29, 0.717) is 0 Å². The number of rotatable bonds is 0. The van der Waals surface area contributed by atoms with Crippen molar-refractivity contribution in [3.8, 4) is 0 Å². The second-order valence-corrected chi connectivity index (χ2v) is 0. The molecule has 0 aliphatic rings. The van der Waals surface area contributed by atoms with Crippen LogP contribution in [0.3, 0.4) is 0 Å². The summed E-state index contributed by atoms with van der Waals surface area (Å²) in [7, 11) is 0. The van der Waals surface area contributed by atoms with Crippen LogP contribution in [-0.2, 0) is 11.0 Å². The van der Waals surface area contributed by atoms with Crippen molar-refractivity contribution in [1.82, 2.24) is 0 Å². The van der Waals surface area contributed by atoms with Gasteiger partial charge in [0.1, 0.15) is 0 Å². The molecule has 0 amide bonds. The summed E-state index contributed by atoms with van der Waals surface area (Å²) in [6.07, 6.45) is 0. The topological polar surface area (TPSA) is 57.0 Å². The molecule has 2 radical (unpaired) electrons. The first-order valence-electron chi connectivity index (χ1n) is 0. The fourth-order valence-corrected chi connectivity index (χ4v) is 0. The van der Waals surface area contributed by atoms with Gasteiger partial charge >= 0.3 is 130 Å². The summed E-state index contributed by atoms with van der Waals surface area (Å²) in [5, 5.41) is 0. The van der Waals surface area contributed by atoms with Gasteiger partial charge in [-0.1, -0.05) is 0 Å². The van der Waals surface area contributed by atoms with E-state index in [2.05, 4.69) is 0 Å². The first-order chi connectivity index (χ1) is 0. The Kier molecular flexibility index (Phi) is 172. The zero-order valence-corrected chi connectivity index (χ0v) is 13.5. The van der Waals surface area contributed by atoms with E-state index in [0.717, 1.165) is 0 Å². The van der Waals surface area contributed by atoms with Crippen molar-refractivity contribution in [3.63, 3.8) is 0 Å². The van der Waals surface area contributed by atoms with Crippen LogP contribution >= 0.6 is 0 Å². The predicted molar refractivity (Wildman–Crippen MR) is 7.13 cm³/mol. The molecular formula is K2O2Pb. The van der Waals surface area contributed by atoms with E-state index in [9.17, 15) is 0 Å². The number of hydrogen-bond donors (Lipinski definition) is 0. The second kappa shape index (κ2) is 24.3. The van der Waals surface area contributed by atoms with Crippen LogP contribution in [0.1, 0.15) is 0 Å². The van der Waals surface area contributed by atoms with E-state index in [-0.39, 0.29) is 141 Å². The molecule has 5 heavy (non-hydrogen) atoms. The largest absolute Gasteiger partial charge is 2.00 e. The Morgan fingerprint density at radius 3 is 0.600 bits per heavy atom. The first kappa shape index (κ1) is 35.4. The van der Waals surface area contributed by atoms with Crippen molar-refractivity contribution in [3.05, 3.63) is 0 Å². The van der Waals surface area contributed by atoms with Crippen molar-refractivity contribution in [2.45, 2.75) is 0 Å². The van der Waals surface area contributed by atoms with Crippen LogP contribution < -0.4 is 103 Å². The molecule has 0 spiro atoms. The molecule has 0 aromatic heterocycles. The van der Waals surface area contributed by atoms with Gasteiger partial charge in [0, 0.05) is 0 Å². The molecule has 0 aromatic rings. The van der Waals surface area contributed by atoms with Crippen molar-refractivity contribution in [2.75, 3.05) is 0 Å². The van der Waals surface area contributed by atoms with Crippen LogP contribution in [0, 0.1) is 0 Å². The van der Waals surface area contributed by atoms with Gasteiger partial charge in [0.2, 0.25) is 0 Å². The summed E-state index contributed by atoms with van der Waals surface area (Å²) in [5.41, 5.74) is 0. The molecule has 18 valence electrons. The Morgan fingerprint density at radius 1 is 0.600 bits per heavy atom. The smallest absolute Gasteiger partial charge is 2.00 e. The SMILES string of the molecule is [K+].[K+].[O-2].[O-2].[Pb+2]. The molecule has 0 N–H and O–H groups in total. The Hall–Kier alpha value is 4.11. The van der Waals surface area contributed by atoms with Crippen molar-refractivity contribution in [2.24, 2.45) is 0 Å². The number of hydrogen-bond acceptors (Lipinski definition) is 0. The fourth-order valence-electron chi connectivity index (χ4n) is 0. The molecular weight excluding hydrogens is 317 g/mol. The maximum atomic E-state index is 0. The molecule has 0 heterocycles. The summed E-state index contributed by atoms with van der Waals surface area (Å²) in [4.78, 5) is 0. The van der Waals surface area contributed by atoms with Crippen molar-refractivity contribution >= 4 is 27.3 Å². The average Bonchev–Trinajstić information content (AvgIpc) is 0. The third-order valence-corrected chi connectivity index (χ3v) is 0. The van der Waals surface area contributed by atoms with Crippen molar-refractivity contribution in [1.29, 1.82) is 0 Å².